The number of benzene rings is 1. The van der Waals surface area contributed by atoms with E-state index in [1.807, 2.05) is 6.07 Å². The number of imidazole rings is 1. The maximum Gasteiger partial charge on any atom is 0.139 e. The molecule has 3 rings (SSSR count). The molecular formula is C15H17BrClFN2O. The second kappa shape index (κ2) is 5.86. The van der Waals surface area contributed by atoms with E-state index in [0.29, 0.717) is 22.3 Å². The van der Waals surface area contributed by atoms with Gasteiger partial charge in [-0.25, -0.2) is 9.37 Å². The smallest absolute Gasteiger partial charge is 0.139 e. The Morgan fingerprint density at radius 2 is 2.14 bits per heavy atom. The van der Waals surface area contributed by atoms with Crippen LogP contribution in [0.5, 0.6) is 0 Å². The first-order valence-electron chi connectivity index (χ1n) is 7.06. The summed E-state index contributed by atoms with van der Waals surface area (Å²) in [5.74, 6) is 1.13. The van der Waals surface area contributed by atoms with E-state index in [9.17, 15) is 4.39 Å². The number of aryl methyl sites for hydroxylation is 1. The topological polar surface area (TPSA) is 27.1 Å². The summed E-state index contributed by atoms with van der Waals surface area (Å²) in [5.41, 5.74) is 1.57. The predicted molar refractivity (Wildman–Crippen MR) is 85.5 cm³/mol. The van der Waals surface area contributed by atoms with Crippen molar-refractivity contribution >= 4 is 38.6 Å². The molecule has 0 spiro atoms. The molecule has 6 heteroatoms. The minimum absolute atomic E-state index is 0.0638. The molecule has 3 nitrogen and oxygen atoms in total. The highest BCUT2D eigenvalue weighted by Gasteiger charge is 2.33. The molecule has 0 unspecified atom stereocenters. The van der Waals surface area contributed by atoms with Crippen molar-refractivity contribution < 1.29 is 9.13 Å². The van der Waals surface area contributed by atoms with Gasteiger partial charge in [0.25, 0.3) is 0 Å². The minimum Gasteiger partial charge on any atom is -0.381 e. The van der Waals surface area contributed by atoms with Crippen LogP contribution in [0.1, 0.15) is 25.6 Å². The number of alkyl halides is 1. The van der Waals surface area contributed by atoms with Crippen LogP contribution in [0.25, 0.3) is 11.0 Å². The Morgan fingerprint density at radius 1 is 1.43 bits per heavy atom. The van der Waals surface area contributed by atoms with Gasteiger partial charge in [0, 0.05) is 37.1 Å². The van der Waals surface area contributed by atoms with Gasteiger partial charge in [0.2, 0.25) is 0 Å². The molecule has 0 N–H and O–H groups in total. The van der Waals surface area contributed by atoms with E-state index in [4.69, 9.17) is 16.3 Å². The SMILES string of the molecule is CC1(n2c(CCCl)nc3cc(F)c(Br)cc32)CCOCC1. The summed E-state index contributed by atoms with van der Waals surface area (Å²) in [6, 6.07) is 3.30. The standard InChI is InChI=1S/C15H17BrClFN2O/c1-15(3-6-21-7-4-15)20-13-8-10(16)11(18)9-12(13)19-14(20)2-5-17/h8-9H,2-7H2,1H3. The molecule has 1 aromatic heterocycles. The summed E-state index contributed by atoms with van der Waals surface area (Å²) in [6.45, 7) is 3.68. The molecule has 0 radical (unpaired) electrons. The zero-order valence-corrected chi connectivity index (χ0v) is 14.2. The lowest BCUT2D eigenvalue weighted by Crippen LogP contribution is -2.37. The van der Waals surface area contributed by atoms with Gasteiger partial charge in [-0.1, -0.05) is 0 Å². The maximum atomic E-state index is 13.8. The van der Waals surface area contributed by atoms with Crippen LogP contribution < -0.4 is 0 Å². The lowest BCUT2D eigenvalue weighted by molar-refractivity contribution is 0.0301. The number of fused-ring (bicyclic) bond motifs is 1. The van der Waals surface area contributed by atoms with Gasteiger partial charge >= 0.3 is 0 Å². The number of nitrogens with zero attached hydrogens (tertiary/aromatic N) is 2. The summed E-state index contributed by atoms with van der Waals surface area (Å²) < 4.78 is 22.0. The van der Waals surface area contributed by atoms with Crippen molar-refractivity contribution in [3.8, 4) is 0 Å². The molecule has 0 saturated carbocycles. The van der Waals surface area contributed by atoms with Crippen molar-refractivity contribution in [3.05, 3.63) is 28.2 Å². The summed E-state index contributed by atoms with van der Waals surface area (Å²) in [7, 11) is 0. The molecule has 1 aliphatic heterocycles. The molecule has 1 fully saturated rings. The highest BCUT2D eigenvalue weighted by atomic mass is 79.9. The minimum atomic E-state index is -0.290. The predicted octanol–water partition coefficient (Wildman–Crippen LogP) is 4.24. The lowest BCUT2D eigenvalue weighted by Gasteiger charge is -2.36. The molecule has 114 valence electrons. The van der Waals surface area contributed by atoms with Crippen LogP contribution in [0.15, 0.2) is 16.6 Å². The number of halogens is 3. The second-order valence-corrected chi connectivity index (χ2v) is 6.90. The quantitative estimate of drug-likeness (QED) is 0.750. The van der Waals surface area contributed by atoms with E-state index >= 15 is 0 Å². The zero-order chi connectivity index (χ0) is 15.0. The van der Waals surface area contributed by atoms with Crippen molar-refractivity contribution in [1.29, 1.82) is 0 Å². The number of hydrogen-bond donors (Lipinski definition) is 0. The second-order valence-electron chi connectivity index (χ2n) is 5.67. The van der Waals surface area contributed by atoms with Gasteiger partial charge in [-0.2, -0.15) is 0 Å². The zero-order valence-electron chi connectivity index (χ0n) is 11.8. The van der Waals surface area contributed by atoms with E-state index in [1.165, 1.54) is 6.07 Å². The molecule has 0 amide bonds. The highest BCUT2D eigenvalue weighted by Crippen LogP contribution is 2.35. The van der Waals surface area contributed by atoms with Gasteiger partial charge in [0.15, 0.2) is 0 Å². The third-order valence-electron chi connectivity index (χ3n) is 4.19. The summed E-state index contributed by atoms with van der Waals surface area (Å²) in [6.07, 6.45) is 2.51. The molecule has 1 saturated heterocycles. The molecule has 0 atom stereocenters. The average Bonchev–Trinajstić information content (AvgIpc) is 2.78. The van der Waals surface area contributed by atoms with E-state index in [1.54, 1.807) is 0 Å². The van der Waals surface area contributed by atoms with Crippen molar-refractivity contribution in [1.82, 2.24) is 9.55 Å². The van der Waals surface area contributed by atoms with E-state index in [2.05, 4.69) is 32.4 Å². The average molecular weight is 376 g/mol. The van der Waals surface area contributed by atoms with Crippen LogP contribution in [0.4, 0.5) is 4.39 Å². The molecular weight excluding hydrogens is 359 g/mol. The normalized spacial score (nSPS) is 18.3. The van der Waals surface area contributed by atoms with Gasteiger partial charge in [0.05, 0.1) is 15.5 Å². The third-order valence-corrected chi connectivity index (χ3v) is 4.99. The maximum absolute atomic E-state index is 13.8. The number of hydrogen-bond acceptors (Lipinski definition) is 2. The fraction of sp³-hybridized carbons (Fsp3) is 0.533. The molecule has 1 aromatic carbocycles. The van der Waals surface area contributed by atoms with Crippen molar-refractivity contribution in [2.75, 3.05) is 19.1 Å². The van der Waals surface area contributed by atoms with Crippen LogP contribution in [-0.4, -0.2) is 28.6 Å². The Balaban J connectivity index is 2.22. The van der Waals surface area contributed by atoms with Crippen LogP contribution in [0.3, 0.4) is 0 Å². The van der Waals surface area contributed by atoms with Crippen molar-refractivity contribution in [2.24, 2.45) is 0 Å². The number of rotatable bonds is 3. The van der Waals surface area contributed by atoms with Gasteiger partial charge in [-0.05, 0) is 41.8 Å². The first kappa shape index (κ1) is 15.3. The summed E-state index contributed by atoms with van der Waals surface area (Å²) in [4.78, 5) is 4.60. The van der Waals surface area contributed by atoms with E-state index in [-0.39, 0.29) is 11.4 Å². The molecule has 1 aliphatic rings. The van der Waals surface area contributed by atoms with E-state index < -0.39 is 0 Å². The van der Waals surface area contributed by atoms with Crippen LogP contribution >= 0.6 is 27.5 Å². The van der Waals surface area contributed by atoms with Gasteiger partial charge in [0.1, 0.15) is 11.6 Å². The lowest BCUT2D eigenvalue weighted by atomic mass is 9.91. The fourth-order valence-electron chi connectivity index (χ4n) is 3.01. The monoisotopic (exact) mass is 374 g/mol. The summed E-state index contributed by atoms with van der Waals surface area (Å²) >= 11 is 9.19. The molecule has 0 aliphatic carbocycles. The Kier molecular flexibility index (Phi) is 4.26. The Bertz CT molecular complexity index is 667. The van der Waals surface area contributed by atoms with Gasteiger partial charge < -0.3 is 9.30 Å². The molecule has 2 heterocycles. The highest BCUT2D eigenvalue weighted by molar-refractivity contribution is 9.10. The number of aromatic nitrogens is 2. The van der Waals surface area contributed by atoms with Gasteiger partial charge in [-0.15, -0.1) is 11.6 Å². The Labute approximate surface area is 136 Å². The first-order chi connectivity index (χ1) is 10.0. The molecule has 2 aromatic rings. The van der Waals surface area contributed by atoms with Crippen LogP contribution in [0, 0.1) is 5.82 Å². The fourth-order valence-corrected chi connectivity index (χ4v) is 3.51. The molecule has 21 heavy (non-hydrogen) atoms. The number of ether oxygens (including phenoxy) is 1. The van der Waals surface area contributed by atoms with E-state index in [0.717, 1.165) is 37.4 Å². The van der Waals surface area contributed by atoms with Crippen LogP contribution in [-0.2, 0) is 16.7 Å². The largest absolute Gasteiger partial charge is 0.381 e. The third kappa shape index (κ3) is 2.71. The van der Waals surface area contributed by atoms with Crippen molar-refractivity contribution in [3.63, 3.8) is 0 Å². The summed E-state index contributed by atoms with van der Waals surface area (Å²) in [5, 5.41) is 0. The molecule has 0 bridgehead atoms. The van der Waals surface area contributed by atoms with Gasteiger partial charge in [-0.3, -0.25) is 0 Å². The van der Waals surface area contributed by atoms with Crippen molar-refractivity contribution in [2.45, 2.75) is 31.7 Å². The first-order valence-corrected chi connectivity index (χ1v) is 8.38. The Morgan fingerprint density at radius 3 is 2.81 bits per heavy atom. The van der Waals surface area contributed by atoms with Crippen LogP contribution in [0.2, 0.25) is 0 Å². The Hall–Kier alpha value is -0.650.